The average molecular weight is 519 g/mol. The predicted octanol–water partition coefficient (Wildman–Crippen LogP) is 5.69. The zero-order chi connectivity index (χ0) is 26.2. The molecule has 2 aromatic rings. The van der Waals surface area contributed by atoms with Crippen LogP contribution in [0.5, 0.6) is 17.2 Å². The standard InChI is InChI=1S/C28H30N4O4S/c1-4-9-20-11-7-8-12-22(20)35-15-16-36-23-14-13-19(18-24(23)34-6-3)17-21-26(29)32-28(30-27(21)33)37-25(31-32)10-5-2/h4,7-8,11-14,17-18,29H,1,5-6,9-10,15-16H2,2-3H3. The number of hydrogen-bond acceptors (Lipinski definition) is 7. The number of para-hydroxylation sites is 1. The van der Waals surface area contributed by atoms with Crippen molar-refractivity contribution in [2.75, 3.05) is 19.8 Å². The Balaban J connectivity index is 1.45. The summed E-state index contributed by atoms with van der Waals surface area (Å²) in [6.45, 7) is 8.89. The van der Waals surface area contributed by atoms with Crippen molar-refractivity contribution in [3.63, 3.8) is 0 Å². The van der Waals surface area contributed by atoms with Gasteiger partial charge in [-0.15, -0.1) is 6.58 Å². The van der Waals surface area contributed by atoms with Gasteiger partial charge < -0.3 is 14.2 Å². The van der Waals surface area contributed by atoms with E-state index in [9.17, 15) is 4.79 Å². The molecule has 9 heteroatoms. The summed E-state index contributed by atoms with van der Waals surface area (Å²) in [6.07, 6.45) is 5.93. The highest BCUT2D eigenvalue weighted by Crippen LogP contribution is 2.32. The second-order valence-corrected chi connectivity index (χ2v) is 9.24. The smallest absolute Gasteiger partial charge is 0.283 e. The van der Waals surface area contributed by atoms with E-state index in [1.54, 1.807) is 18.2 Å². The Bertz CT molecular complexity index is 1280. The minimum Gasteiger partial charge on any atom is -0.490 e. The molecule has 2 aromatic carbocycles. The molecule has 0 saturated heterocycles. The van der Waals surface area contributed by atoms with Crippen LogP contribution in [-0.4, -0.2) is 46.8 Å². The SMILES string of the molecule is C=CCc1ccccc1OCCOc1ccc(C=C2C(=N)N3N=C(CCC)SC3=NC2=O)cc1OCC. The number of rotatable bonds is 12. The fourth-order valence-corrected chi connectivity index (χ4v) is 4.77. The molecule has 0 bridgehead atoms. The van der Waals surface area contributed by atoms with Crippen LogP contribution in [0.3, 0.4) is 0 Å². The first kappa shape index (κ1) is 26.2. The van der Waals surface area contributed by atoms with Gasteiger partial charge in [0.1, 0.15) is 24.0 Å². The molecule has 8 nitrogen and oxygen atoms in total. The van der Waals surface area contributed by atoms with Gasteiger partial charge in [-0.25, -0.2) is 0 Å². The minimum absolute atomic E-state index is 0.0146. The van der Waals surface area contributed by atoms with Gasteiger partial charge in [0.05, 0.1) is 12.2 Å². The maximum atomic E-state index is 12.7. The molecular formula is C28H30N4O4S. The van der Waals surface area contributed by atoms with Gasteiger partial charge in [0.25, 0.3) is 5.91 Å². The molecule has 0 spiro atoms. The van der Waals surface area contributed by atoms with E-state index in [2.05, 4.69) is 23.6 Å². The third-order valence-corrected chi connectivity index (χ3v) is 6.44. The maximum Gasteiger partial charge on any atom is 0.283 e. The molecule has 1 N–H and O–H groups in total. The minimum atomic E-state index is -0.455. The van der Waals surface area contributed by atoms with Gasteiger partial charge in [-0.1, -0.05) is 37.3 Å². The van der Waals surface area contributed by atoms with Crippen molar-refractivity contribution < 1.29 is 19.0 Å². The number of carbonyl (C=O) groups excluding carboxylic acids is 1. The summed E-state index contributed by atoms with van der Waals surface area (Å²) in [7, 11) is 0. The molecule has 0 saturated carbocycles. The molecule has 0 unspecified atom stereocenters. The fraction of sp³-hybridized carbons (Fsp3) is 0.286. The van der Waals surface area contributed by atoms with Crippen molar-refractivity contribution in [2.45, 2.75) is 33.1 Å². The first-order valence-corrected chi connectivity index (χ1v) is 13.1. The van der Waals surface area contributed by atoms with Crippen molar-refractivity contribution in [2.24, 2.45) is 10.1 Å². The number of carbonyl (C=O) groups is 1. The highest BCUT2D eigenvalue weighted by Gasteiger charge is 2.35. The Morgan fingerprint density at radius 2 is 1.84 bits per heavy atom. The third-order valence-electron chi connectivity index (χ3n) is 5.47. The van der Waals surface area contributed by atoms with Crippen molar-refractivity contribution in [3.05, 3.63) is 71.8 Å². The van der Waals surface area contributed by atoms with E-state index < -0.39 is 5.91 Å². The summed E-state index contributed by atoms with van der Waals surface area (Å²) in [5.41, 5.74) is 1.94. The van der Waals surface area contributed by atoms with Gasteiger partial charge in [0.15, 0.2) is 17.3 Å². The van der Waals surface area contributed by atoms with E-state index in [0.29, 0.717) is 42.1 Å². The van der Waals surface area contributed by atoms with E-state index >= 15 is 0 Å². The lowest BCUT2D eigenvalue weighted by atomic mass is 10.1. The zero-order valence-electron chi connectivity index (χ0n) is 21.0. The Labute approximate surface area is 221 Å². The number of ether oxygens (including phenoxy) is 3. The van der Waals surface area contributed by atoms with E-state index in [1.807, 2.05) is 43.3 Å². The van der Waals surface area contributed by atoms with Crippen LogP contribution < -0.4 is 14.2 Å². The van der Waals surface area contributed by atoms with E-state index in [0.717, 1.165) is 35.6 Å². The Kier molecular flexibility index (Phi) is 8.79. The topological polar surface area (TPSA) is 96.6 Å². The molecule has 37 heavy (non-hydrogen) atoms. The molecule has 0 fully saturated rings. The quantitative estimate of drug-likeness (QED) is 0.220. The van der Waals surface area contributed by atoms with Crippen LogP contribution in [0, 0.1) is 5.41 Å². The summed E-state index contributed by atoms with van der Waals surface area (Å²) in [5.74, 6) is 1.49. The van der Waals surface area contributed by atoms with E-state index in [1.165, 1.54) is 16.8 Å². The second-order valence-electron chi connectivity index (χ2n) is 8.20. The number of aliphatic imine (C=N–C) groups is 1. The van der Waals surface area contributed by atoms with E-state index in [-0.39, 0.29) is 11.4 Å². The number of allylic oxidation sites excluding steroid dienone is 1. The van der Waals surface area contributed by atoms with Gasteiger partial charge in [0, 0.05) is 0 Å². The molecule has 2 aliphatic heterocycles. The highest BCUT2D eigenvalue weighted by atomic mass is 32.2. The molecule has 4 rings (SSSR count). The number of amides is 1. The lowest BCUT2D eigenvalue weighted by Crippen LogP contribution is -2.35. The number of hydrogen-bond donors (Lipinski definition) is 1. The number of hydrazone groups is 1. The Hall–Kier alpha value is -3.85. The van der Waals surface area contributed by atoms with Crippen LogP contribution in [0.4, 0.5) is 0 Å². The van der Waals surface area contributed by atoms with Crippen LogP contribution in [-0.2, 0) is 11.2 Å². The normalized spacial score (nSPS) is 15.8. The predicted molar refractivity (Wildman–Crippen MR) is 149 cm³/mol. The summed E-state index contributed by atoms with van der Waals surface area (Å²) in [6, 6.07) is 13.2. The number of fused-ring (bicyclic) bond motifs is 1. The lowest BCUT2D eigenvalue weighted by molar-refractivity contribution is -0.114. The third kappa shape index (κ3) is 6.29. The largest absolute Gasteiger partial charge is 0.490 e. The summed E-state index contributed by atoms with van der Waals surface area (Å²) < 4.78 is 17.6. The van der Waals surface area contributed by atoms with Gasteiger partial charge in [0.2, 0.25) is 5.17 Å². The van der Waals surface area contributed by atoms with Crippen LogP contribution in [0.25, 0.3) is 6.08 Å². The number of benzene rings is 2. The second kappa shape index (κ2) is 12.4. The molecule has 0 aliphatic carbocycles. The Morgan fingerprint density at radius 1 is 1.05 bits per heavy atom. The molecular weight excluding hydrogens is 488 g/mol. The van der Waals surface area contributed by atoms with Crippen molar-refractivity contribution in [1.82, 2.24) is 5.01 Å². The Morgan fingerprint density at radius 3 is 2.59 bits per heavy atom. The number of thioether (sulfide) groups is 1. The fourth-order valence-electron chi connectivity index (χ4n) is 3.79. The maximum absolute atomic E-state index is 12.7. The summed E-state index contributed by atoms with van der Waals surface area (Å²) in [5, 5.41) is 15.7. The number of amidine groups is 2. The first-order valence-electron chi connectivity index (χ1n) is 12.2. The molecule has 192 valence electrons. The molecule has 0 aromatic heterocycles. The summed E-state index contributed by atoms with van der Waals surface area (Å²) >= 11 is 1.34. The van der Waals surface area contributed by atoms with Crippen molar-refractivity contribution >= 4 is 39.8 Å². The zero-order valence-corrected chi connectivity index (χ0v) is 21.8. The van der Waals surface area contributed by atoms with Crippen LogP contribution in [0.15, 0.2) is 70.8 Å². The van der Waals surface area contributed by atoms with E-state index in [4.69, 9.17) is 19.6 Å². The van der Waals surface area contributed by atoms with Gasteiger partial charge in [-0.2, -0.15) is 15.1 Å². The lowest BCUT2D eigenvalue weighted by Gasteiger charge is -2.20. The first-order chi connectivity index (χ1) is 18.0. The highest BCUT2D eigenvalue weighted by molar-refractivity contribution is 8.26. The summed E-state index contributed by atoms with van der Waals surface area (Å²) in [4.78, 5) is 16.8. The van der Waals surface area contributed by atoms with Crippen molar-refractivity contribution in [1.29, 1.82) is 5.41 Å². The molecule has 2 aliphatic rings. The van der Waals surface area contributed by atoms with Crippen LogP contribution in [0.1, 0.15) is 37.8 Å². The monoisotopic (exact) mass is 518 g/mol. The van der Waals surface area contributed by atoms with Gasteiger partial charge in [-0.05, 0) is 73.4 Å². The molecule has 0 radical (unpaired) electrons. The number of nitrogens with zero attached hydrogens (tertiary/aromatic N) is 3. The van der Waals surface area contributed by atoms with Gasteiger partial charge in [-0.3, -0.25) is 10.2 Å². The molecule has 2 heterocycles. The average Bonchev–Trinajstić information content (AvgIpc) is 3.29. The van der Waals surface area contributed by atoms with Gasteiger partial charge >= 0.3 is 0 Å². The van der Waals surface area contributed by atoms with Crippen LogP contribution >= 0.6 is 11.8 Å². The van der Waals surface area contributed by atoms with Crippen LogP contribution in [0.2, 0.25) is 0 Å². The van der Waals surface area contributed by atoms with Crippen molar-refractivity contribution in [3.8, 4) is 17.2 Å². The molecule has 0 atom stereocenters. The molecule has 1 amide bonds. The number of nitrogens with one attached hydrogen (secondary N) is 1.